The molecule has 12 nitrogen and oxygen atoms in total. The molecule has 0 saturated heterocycles. The van der Waals surface area contributed by atoms with Crippen LogP contribution in [0.2, 0.25) is 15.1 Å². The number of benzene rings is 2. The average Bonchev–Trinajstić information content (AvgIpc) is 3.06. The predicted molar refractivity (Wildman–Crippen MR) is 181 cm³/mol. The fourth-order valence-electron chi connectivity index (χ4n) is 3.86. The molecule has 0 unspecified atom stereocenters. The molecular weight excluding hydrogens is 707 g/mol. The SMILES string of the molecule is O=C(O)c1cc(=O)c(OCCCCCOc2ccc(Cl)c(Cl)c2)co1.O=C(O)c1cc(=O)c(OCCCCCOc2cccc(Cl)c2)co1. The van der Waals surface area contributed by atoms with Crippen LogP contribution in [0.3, 0.4) is 0 Å². The van der Waals surface area contributed by atoms with Crippen molar-refractivity contribution in [1.29, 1.82) is 0 Å². The first-order valence-corrected chi connectivity index (χ1v) is 16.1. The van der Waals surface area contributed by atoms with Gasteiger partial charge in [-0.3, -0.25) is 9.59 Å². The van der Waals surface area contributed by atoms with Crippen LogP contribution in [0.5, 0.6) is 23.0 Å². The van der Waals surface area contributed by atoms with E-state index in [2.05, 4.69) is 0 Å². The zero-order valence-electron chi connectivity index (χ0n) is 26.0. The van der Waals surface area contributed by atoms with E-state index in [4.69, 9.17) is 72.8 Å². The molecule has 0 bridgehead atoms. The number of hydrogen-bond acceptors (Lipinski definition) is 10. The second-order valence-electron chi connectivity index (χ2n) is 10.1. The normalized spacial score (nSPS) is 10.4. The Balaban J connectivity index is 0.000000266. The molecule has 0 aliphatic heterocycles. The molecule has 0 spiro atoms. The maximum Gasteiger partial charge on any atom is 0.371 e. The molecule has 0 atom stereocenters. The van der Waals surface area contributed by atoms with Crippen molar-refractivity contribution in [3.63, 3.8) is 0 Å². The van der Waals surface area contributed by atoms with Crippen molar-refractivity contribution in [1.82, 2.24) is 0 Å². The number of hydrogen-bond donors (Lipinski definition) is 2. The van der Waals surface area contributed by atoms with E-state index < -0.39 is 34.3 Å². The zero-order chi connectivity index (χ0) is 35.6. The van der Waals surface area contributed by atoms with Gasteiger partial charge in [0.2, 0.25) is 33.9 Å². The van der Waals surface area contributed by atoms with E-state index in [1.165, 1.54) is 0 Å². The first kappa shape index (κ1) is 38.8. The maximum absolute atomic E-state index is 11.6. The number of rotatable bonds is 18. The lowest BCUT2D eigenvalue weighted by Gasteiger charge is -2.08. The Morgan fingerprint density at radius 2 is 1.04 bits per heavy atom. The first-order chi connectivity index (χ1) is 23.5. The van der Waals surface area contributed by atoms with Crippen molar-refractivity contribution in [3.8, 4) is 23.0 Å². The Morgan fingerprint density at radius 1 is 0.571 bits per heavy atom. The summed E-state index contributed by atoms with van der Waals surface area (Å²) in [4.78, 5) is 44.6. The van der Waals surface area contributed by atoms with Crippen LogP contribution in [-0.2, 0) is 0 Å². The topological polar surface area (TPSA) is 172 Å². The molecular formula is C34H33Cl3O12. The smallest absolute Gasteiger partial charge is 0.371 e. The predicted octanol–water partition coefficient (Wildman–Crippen LogP) is 7.89. The van der Waals surface area contributed by atoms with Gasteiger partial charge in [-0.1, -0.05) is 40.9 Å². The molecule has 4 rings (SSSR count). The fraction of sp³-hybridized carbons (Fsp3) is 0.294. The maximum atomic E-state index is 11.6. The molecule has 4 aromatic rings. The van der Waals surface area contributed by atoms with Gasteiger partial charge in [-0.15, -0.1) is 0 Å². The van der Waals surface area contributed by atoms with Crippen molar-refractivity contribution in [2.45, 2.75) is 38.5 Å². The minimum absolute atomic E-state index is 0.00273. The van der Waals surface area contributed by atoms with Crippen molar-refractivity contribution in [2.24, 2.45) is 0 Å². The number of halogens is 3. The molecule has 0 saturated carbocycles. The second kappa shape index (κ2) is 20.7. The number of ether oxygens (including phenoxy) is 4. The van der Waals surface area contributed by atoms with Gasteiger partial charge in [0.15, 0.2) is 0 Å². The number of carboxylic acids is 2. The van der Waals surface area contributed by atoms with Gasteiger partial charge in [0.05, 0.1) is 36.5 Å². The van der Waals surface area contributed by atoms with Crippen LogP contribution in [0.1, 0.15) is 59.6 Å². The highest BCUT2D eigenvalue weighted by Gasteiger charge is 2.11. The molecule has 0 aliphatic carbocycles. The van der Waals surface area contributed by atoms with Crippen LogP contribution in [0, 0.1) is 0 Å². The largest absolute Gasteiger partial charge is 0.494 e. The molecule has 0 fully saturated rings. The van der Waals surface area contributed by atoms with Crippen LogP contribution < -0.4 is 29.8 Å². The van der Waals surface area contributed by atoms with Crippen molar-refractivity contribution >= 4 is 46.7 Å². The van der Waals surface area contributed by atoms with Gasteiger partial charge in [0.1, 0.15) is 24.0 Å². The summed E-state index contributed by atoms with van der Waals surface area (Å²) in [6.45, 7) is 1.75. The van der Waals surface area contributed by atoms with E-state index in [9.17, 15) is 19.2 Å². The van der Waals surface area contributed by atoms with Gasteiger partial charge in [0, 0.05) is 23.2 Å². The lowest BCUT2D eigenvalue weighted by Crippen LogP contribution is -2.11. The summed E-state index contributed by atoms with van der Waals surface area (Å²) in [6.07, 6.45) is 6.81. The Morgan fingerprint density at radius 3 is 1.47 bits per heavy atom. The quantitative estimate of drug-likeness (QED) is 0.0947. The number of carbonyl (C=O) groups is 2. The number of aromatic carboxylic acids is 2. The first-order valence-electron chi connectivity index (χ1n) is 15.0. The van der Waals surface area contributed by atoms with Gasteiger partial charge in [-0.05, 0) is 68.9 Å². The highest BCUT2D eigenvalue weighted by atomic mass is 35.5. The van der Waals surface area contributed by atoms with Gasteiger partial charge < -0.3 is 38.0 Å². The summed E-state index contributed by atoms with van der Waals surface area (Å²) in [5.41, 5.74) is -1.03. The van der Waals surface area contributed by atoms with Crippen LogP contribution in [0.25, 0.3) is 0 Å². The zero-order valence-corrected chi connectivity index (χ0v) is 28.3. The van der Waals surface area contributed by atoms with E-state index in [1.807, 2.05) is 12.1 Å². The molecule has 262 valence electrons. The average molecular weight is 740 g/mol. The lowest BCUT2D eigenvalue weighted by molar-refractivity contribution is 0.0648. The van der Waals surface area contributed by atoms with Crippen LogP contribution in [0.15, 0.2) is 85.5 Å². The summed E-state index contributed by atoms with van der Waals surface area (Å²) >= 11 is 17.6. The number of carboxylic acid groups (broad SMARTS) is 2. The van der Waals surface area contributed by atoms with Gasteiger partial charge in [-0.2, -0.15) is 0 Å². The highest BCUT2D eigenvalue weighted by Crippen LogP contribution is 2.26. The standard InChI is InChI=1S/C17H16Cl2O6.C17H17ClO6/c18-12-5-4-11(8-13(12)19)23-6-2-1-3-7-24-16-10-25-15(17(21)22)9-14(16)20;18-12-5-4-6-13(9-12)22-7-2-1-3-8-23-16-11-24-15(17(20)21)10-14(16)19/h4-5,8-10H,1-3,6-7H2,(H,21,22);4-6,9-11H,1-3,7-8H2,(H,20,21). The number of unbranched alkanes of at least 4 members (excludes halogenated alkanes) is 4. The lowest BCUT2D eigenvalue weighted by atomic mass is 10.2. The highest BCUT2D eigenvalue weighted by molar-refractivity contribution is 6.42. The molecule has 0 radical (unpaired) electrons. The van der Waals surface area contributed by atoms with E-state index in [0.717, 1.165) is 62.5 Å². The molecule has 2 aromatic heterocycles. The van der Waals surface area contributed by atoms with Crippen LogP contribution >= 0.6 is 34.8 Å². The molecule has 49 heavy (non-hydrogen) atoms. The Kier molecular flexibility index (Phi) is 16.4. The van der Waals surface area contributed by atoms with Crippen LogP contribution in [-0.4, -0.2) is 48.6 Å². The Bertz CT molecular complexity index is 1790. The van der Waals surface area contributed by atoms with Gasteiger partial charge >= 0.3 is 11.9 Å². The monoisotopic (exact) mass is 738 g/mol. The minimum Gasteiger partial charge on any atom is -0.494 e. The summed E-state index contributed by atoms with van der Waals surface area (Å²) in [7, 11) is 0. The van der Waals surface area contributed by atoms with E-state index in [-0.39, 0.29) is 11.5 Å². The summed E-state index contributed by atoms with van der Waals surface area (Å²) in [5, 5.41) is 19.0. The summed E-state index contributed by atoms with van der Waals surface area (Å²) in [6, 6.07) is 14.1. The third-order valence-electron chi connectivity index (χ3n) is 6.33. The Hall–Kier alpha value is -4.65. The van der Waals surface area contributed by atoms with Crippen molar-refractivity contribution in [3.05, 3.63) is 114 Å². The van der Waals surface area contributed by atoms with Crippen molar-refractivity contribution in [2.75, 3.05) is 26.4 Å². The van der Waals surface area contributed by atoms with Crippen LogP contribution in [0.4, 0.5) is 0 Å². The third-order valence-corrected chi connectivity index (χ3v) is 7.31. The van der Waals surface area contributed by atoms with Crippen molar-refractivity contribution < 1.29 is 47.6 Å². The molecule has 2 heterocycles. The molecule has 15 heteroatoms. The van der Waals surface area contributed by atoms with E-state index in [0.29, 0.717) is 53.7 Å². The van der Waals surface area contributed by atoms with E-state index >= 15 is 0 Å². The fourth-order valence-corrected chi connectivity index (χ4v) is 4.33. The summed E-state index contributed by atoms with van der Waals surface area (Å²) < 4.78 is 31.3. The molecule has 2 aromatic carbocycles. The van der Waals surface area contributed by atoms with Gasteiger partial charge in [0.25, 0.3) is 0 Å². The molecule has 0 aliphatic rings. The summed E-state index contributed by atoms with van der Waals surface area (Å²) in [5.74, 6) is -2.03. The Labute approximate surface area is 295 Å². The molecule has 0 amide bonds. The van der Waals surface area contributed by atoms with E-state index in [1.54, 1.807) is 30.3 Å². The van der Waals surface area contributed by atoms with Gasteiger partial charge in [-0.25, -0.2) is 9.59 Å². The third kappa shape index (κ3) is 14.2. The second-order valence-corrected chi connectivity index (χ2v) is 11.4. The minimum atomic E-state index is -1.30. The molecule has 2 N–H and O–H groups in total.